The fraction of sp³-hybridized carbons (Fsp3) is 0.333. The zero-order valence-corrected chi connectivity index (χ0v) is 9.16. The summed E-state index contributed by atoms with van der Waals surface area (Å²) in [6.45, 7) is 3.40. The molecule has 1 aromatic heterocycles. The van der Waals surface area contributed by atoms with E-state index in [0.29, 0.717) is 6.61 Å². The molecule has 0 fully saturated rings. The Balaban J connectivity index is 2.27. The van der Waals surface area contributed by atoms with Gasteiger partial charge in [0.25, 0.3) is 0 Å². The van der Waals surface area contributed by atoms with Gasteiger partial charge in [-0.15, -0.1) is 0 Å². The van der Waals surface area contributed by atoms with Crippen LogP contribution in [0.3, 0.4) is 0 Å². The maximum absolute atomic E-state index is 5.14. The van der Waals surface area contributed by atoms with Gasteiger partial charge in [0.1, 0.15) is 0 Å². The minimum atomic E-state index is 0.685. The molecule has 3 heteroatoms. The monoisotopic (exact) mass is 204 g/mol. The zero-order chi connectivity index (χ0) is 10.7. The van der Waals surface area contributed by atoms with Gasteiger partial charge >= 0.3 is 0 Å². The molecule has 0 aliphatic carbocycles. The molecule has 3 nitrogen and oxygen atoms in total. The summed E-state index contributed by atoms with van der Waals surface area (Å²) in [6.07, 6.45) is 2.14. The van der Waals surface area contributed by atoms with E-state index in [1.165, 1.54) is 16.5 Å². The summed E-state index contributed by atoms with van der Waals surface area (Å²) in [5.41, 5.74) is 5.46. The van der Waals surface area contributed by atoms with Crippen LogP contribution in [-0.4, -0.2) is 11.2 Å². The SMILES string of the molecule is CCONCc1cn(C)c2ccccc12. The Bertz CT molecular complexity index is 448. The van der Waals surface area contributed by atoms with Crippen LogP contribution in [0.4, 0.5) is 0 Å². The third-order valence-electron chi connectivity index (χ3n) is 2.49. The smallest absolute Gasteiger partial charge is 0.0654 e. The number of nitrogens with zero attached hydrogens (tertiary/aromatic N) is 1. The fourth-order valence-corrected chi connectivity index (χ4v) is 1.80. The minimum absolute atomic E-state index is 0.685. The molecule has 0 radical (unpaired) electrons. The molecule has 15 heavy (non-hydrogen) atoms. The molecule has 0 saturated carbocycles. The fourth-order valence-electron chi connectivity index (χ4n) is 1.80. The Hall–Kier alpha value is -1.32. The van der Waals surface area contributed by atoms with Crippen molar-refractivity contribution in [1.82, 2.24) is 10.0 Å². The predicted molar refractivity (Wildman–Crippen MR) is 61.4 cm³/mol. The van der Waals surface area contributed by atoms with Crippen molar-refractivity contribution in [3.63, 3.8) is 0 Å². The van der Waals surface area contributed by atoms with Crippen LogP contribution >= 0.6 is 0 Å². The number of benzene rings is 1. The molecule has 0 spiro atoms. The highest BCUT2D eigenvalue weighted by atomic mass is 16.6. The van der Waals surface area contributed by atoms with Gasteiger partial charge in [0, 0.05) is 30.7 Å². The zero-order valence-electron chi connectivity index (χ0n) is 9.16. The summed E-state index contributed by atoms with van der Waals surface area (Å²) in [5, 5.41) is 1.28. The van der Waals surface area contributed by atoms with Crippen molar-refractivity contribution in [3.8, 4) is 0 Å². The molecule has 1 heterocycles. The van der Waals surface area contributed by atoms with E-state index in [0.717, 1.165) is 6.54 Å². The molecule has 0 atom stereocenters. The van der Waals surface area contributed by atoms with Gasteiger partial charge in [-0.05, 0) is 18.6 Å². The molecule has 2 aromatic rings. The first-order valence-electron chi connectivity index (χ1n) is 5.20. The molecule has 0 saturated heterocycles. The average Bonchev–Trinajstić information content (AvgIpc) is 2.58. The maximum atomic E-state index is 5.14. The Morgan fingerprint density at radius 1 is 1.33 bits per heavy atom. The van der Waals surface area contributed by atoms with Crippen molar-refractivity contribution in [2.24, 2.45) is 7.05 Å². The highest BCUT2D eigenvalue weighted by Crippen LogP contribution is 2.19. The molecule has 0 unspecified atom stereocenters. The van der Waals surface area contributed by atoms with Crippen LogP contribution in [0.5, 0.6) is 0 Å². The van der Waals surface area contributed by atoms with Gasteiger partial charge in [-0.1, -0.05) is 18.2 Å². The van der Waals surface area contributed by atoms with E-state index in [2.05, 4.69) is 47.6 Å². The first kappa shape index (κ1) is 10.2. The molecule has 0 bridgehead atoms. The molecule has 0 aliphatic rings. The van der Waals surface area contributed by atoms with Gasteiger partial charge in [0.05, 0.1) is 6.61 Å². The number of hydrogen-bond donors (Lipinski definition) is 1. The molecular weight excluding hydrogens is 188 g/mol. The predicted octanol–water partition coefficient (Wildman–Crippen LogP) is 2.22. The van der Waals surface area contributed by atoms with Crippen LogP contribution in [0.15, 0.2) is 30.5 Å². The van der Waals surface area contributed by atoms with Gasteiger partial charge in [0.2, 0.25) is 0 Å². The van der Waals surface area contributed by atoms with Crippen molar-refractivity contribution < 1.29 is 4.84 Å². The molecule has 0 amide bonds. The van der Waals surface area contributed by atoms with Crippen molar-refractivity contribution in [1.29, 1.82) is 0 Å². The van der Waals surface area contributed by atoms with Gasteiger partial charge < -0.3 is 9.40 Å². The van der Waals surface area contributed by atoms with E-state index >= 15 is 0 Å². The Morgan fingerprint density at radius 3 is 2.93 bits per heavy atom. The lowest BCUT2D eigenvalue weighted by molar-refractivity contribution is 0.0465. The van der Waals surface area contributed by atoms with Gasteiger partial charge in [-0.2, -0.15) is 5.48 Å². The lowest BCUT2D eigenvalue weighted by Gasteiger charge is -2.01. The topological polar surface area (TPSA) is 26.2 Å². The van der Waals surface area contributed by atoms with Crippen LogP contribution < -0.4 is 5.48 Å². The van der Waals surface area contributed by atoms with Crippen LogP contribution in [0.25, 0.3) is 10.9 Å². The number of aromatic nitrogens is 1. The van der Waals surface area contributed by atoms with E-state index in [1.807, 2.05) is 6.92 Å². The van der Waals surface area contributed by atoms with Crippen molar-refractivity contribution >= 4 is 10.9 Å². The van der Waals surface area contributed by atoms with Gasteiger partial charge in [-0.25, -0.2) is 0 Å². The van der Waals surface area contributed by atoms with E-state index in [9.17, 15) is 0 Å². The van der Waals surface area contributed by atoms with E-state index in [4.69, 9.17) is 4.84 Å². The molecule has 1 aromatic carbocycles. The van der Waals surface area contributed by atoms with E-state index in [-0.39, 0.29) is 0 Å². The quantitative estimate of drug-likeness (QED) is 0.610. The summed E-state index contributed by atoms with van der Waals surface area (Å²) in [6, 6.07) is 8.38. The first-order chi connectivity index (χ1) is 7.33. The summed E-state index contributed by atoms with van der Waals surface area (Å²) >= 11 is 0. The minimum Gasteiger partial charge on any atom is -0.350 e. The third kappa shape index (κ3) is 2.03. The Morgan fingerprint density at radius 2 is 2.13 bits per heavy atom. The lowest BCUT2D eigenvalue weighted by atomic mass is 10.2. The second-order valence-corrected chi connectivity index (χ2v) is 3.54. The number of para-hydroxylation sites is 1. The van der Waals surface area contributed by atoms with Crippen LogP contribution in [0.1, 0.15) is 12.5 Å². The highest BCUT2D eigenvalue weighted by Gasteiger charge is 2.04. The van der Waals surface area contributed by atoms with Crippen LogP contribution in [0, 0.1) is 0 Å². The van der Waals surface area contributed by atoms with Crippen molar-refractivity contribution in [2.75, 3.05) is 6.61 Å². The largest absolute Gasteiger partial charge is 0.350 e. The number of aryl methyl sites for hydroxylation is 1. The Kier molecular flexibility index (Phi) is 3.04. The standard InChI is InChI=1S/C12H16N2O/c1-3-15-13-8-10-9-14(2)12-7-5-4-6-11(10)12/h4-7,9,13H,3,8H2,1-2H3. The highest BCUT2D eigenvalue weighted by molar-refractivity contribution is 5.83. The number of nitrogens with one attached hydrogen (secondary N) is 1. The second-order valence-electron chi connectivity index (χ2n) is 3.54. The molecular formula is C12H16N2O. The van der Waals surface area contributed by atoms with Crippen LogP contribution in [-0.2, 0) is 18.4 Å². The molecule has 0 aliphatic heterocycles. The van der Waals surface area contributed by atoms with E-state index < -0.39 is 0 Å². The Labute approximate surface area is 89.6 Å². The number of fused-ring (bicyclic) bond motifs is 1. The van der Waals surface area contributed by atoms with Crippen LogP contribution in [0.2, 0.25) is 0 Å². The van der Waals surface area contributed by atoms with Crippen molar-refractivity contribution in [3.05, 3.63) is 36.0 Å². The number of rotatable bonds is 4. The molecule has 2 rings (SSSR count). The summed E-state index contributed by atoms with van der Waals surface area (Å²) in [7, 11) is 2.06. The molecule has 80 valence electrons. The van der Waals surface area contributed by atoms with Gasteiger partial charge in [-0.3, -0.25) is 0 Å². The molecule has 1 N–H and O–H groups in total. The number of hydrogen-bond acceptors (Lipinski definition) is 2. The normalized spacial score (nSPS) is 11.1. The maximum Gasteiger partial charge on any atom is 0.0654 e. The average molecular weight is 204 g/mol. The summed E-state index contributed by atoms with van der Waals surface area (Å²) in [5.74, 6) is 0. The summed E-state index contributed by atoms with van der Waals surface area (Å²) < 4.78 is 2.14. The van der Waals surface area contributed by atoms with E-state index in [1.54, 1.807) is 0 Å². The number of hydroxylamine groups is 1. The lowest BCUT2D eigenvalue weighted by Crippen LogP contribution is -2.13. The van der Waals surface area contributed by atoms with Gasteiger partial charge in [0.15, 0.2) is 0 Å². The second kappa shape index (κ2) is 4.47. The summed E-state index contributed by atoms with van der Waals surface area (Å²) in [4.78, 5) is 5.14. The van der Waals surface area contributed by atoms with Crippen molar-refractivity contribution in [2.45, 2.75) is 13.5 Å². The third-order valence-corrected chi connectivity index (χ3v) is 2.49. The first-order valence-corrected chi connectivity index (χ1v) is 5.20.